The summed E-state index contributed by atoms with van der Waals surface area (Å²) < 4.78 is 11.1. The van der Waals surface area contributed by atoms with E-state index in [-0.39, 0.29) is 5.91 Å². The number of anilines is 1. The second-order valence-electron chi connectivity index (χ2n) is 5.64. The van der Waals surface area contributed by atoms with Crippen molar-refractivity contribution in [1.29, 1.82) is 0 Å². The summed E-state index contributed by atoms with van der Waals surface area (Å²) in [4.78, 5) is 12.1. The van der Waals surface area contributed by atoms with Crippen molar-refractivity contribution in [2.24, 2.45) is 0 Å². The van der Waals surface area contributed by atoms with Crippen LogP contribution >= 0.6 is 23.2 Å². The topological polar surface area (TPSA) is 51.5 Å². The fourth-order valence-corrected chi connectivity index (χ4v) is 2.96. The number of hydrogen-bond donors (Lipinski definition) is 1. The van der Waals surface area contributed by atoms with Crippen molar-refractivity contribution >= 4 is 40.9 Å². The van der Waals surface area contributed by atoms with E-state index in [1.165, 1.54) is 6.08 Å². The zero-order chi connectivity index (χ0) is 19.2. The number of rotatable bonds is 6. The molecule has 1 heterocycles. The van der Waals surface area contributed by atoms with Gasteiger partial charge in [-0.25, -0.2) is 0 Å². The molecule has 1 N–H and O–H groups in total. The summed E-state index contributed by atoms with van der Waals surface area (Å²) in [6.45, 7) is 2.52. The van der Waals surface area contributed by atoms with E-state index in [4.69, 9.17) is 32.4 Å². The molecule has 0 fully saturated rings. The molecule has 0 saturated heterocycles. The minimum atomic E-state index is -0.261. The van der Waals surface area contributed by atoms with E-state index in [9.17, 15) is 4.79 Å². The summed E-state index contributed by atoms with van der Waals surface area (Å²) in [5.41, 5.74) is 1.45. The van der Waals surface area contributed by atoms with Gasteiger partial charge in [0, 0.05) is 27.4 Å². The average Bonchev–Trinajstić information content (AvgIpc) is 3.10. The maximum absolute atomic E-state index is 12.1. The number of ether oxygens (including phenoxy) is 1. The highest BCUT2D eigenvalue weighted by atomic mass is 35.5. The van der Waals surface area contributed by atoms with Crippen LogP contribution in [0.2, 0.25) is 10.0 Å². The van der Waals surface area contributed by atoms with Crippen molar-refractivity contribution in [2.45, 2.75) is 6.92 Å². The molecule has 138 valence electrons. The minimum Gasteiger partial charge on any atom is -0.494 e. The van der Waals surface area contributed by atoms with E-state index < -0.39 is 0 Å². The van der Waals surface area contributed by atoms with Crippen LogP contribution in [-0.4, -0.2) is 12.5 Å². The molecule has 3 rings (SSSR count). The second-order valence-corrected chi connectivity index (χ2v) is 6.51. The molecule has 0 aliphatic carbocycles. The summed E-state index contributed by atoms with van der Waals surface area (Å²) in [5, 5.41) is 3.83. The van der Waals surface area contributed by atoms with E-state index in [2.05, 4.69) is 5.32 Å². The summed E-state index contributed by atoms with van der Waals surface area (Å²) >= 11 is 12.0. The maximum Gasteiger partial charge on any atom is 0.248 e. The molecule has 4 nitrogen and oxygen atoms in total. The van der Waals surface area contributed by atoms with Gasteiger partial charge in [0.2, 0.25) is 5.91 Å². The number of amides is 1. The Bertz CT molecular complexity index is 942. The minimum absolute atomic E-state index is 0.261. The first-order chi connectivity index (χ1) is 13.0. The van der Waals surface area contributed by atoms with Gasteiger partial charge in [-0.2, -0.15) is 0 Å². The van der Waals surface area contributed by atoms with Gasteiger partial charge in [-0.05, 0) is 67.6 Å². The van der Waals surface area contributed by atoms with Crippen LogP contribution in [0.3, 0.4) is 0 Å². The van der Waals surface area contributed by atoms with Crippen LogP contribution in [0.1, 0.15) is 12.7 Å². The van der Waals surface area contributed by atoms with E-state index in [1.807, 2.05) is 6.92 Å². The summed E-state index contributed by atoms with van der Waals surface area (Å²) in [6.07, 6.45) is 3.00. The van der Waals surface area contributed by atoms with Crippen LogP contribution in [0.4, 0.5) is 5.69 Å². The molecular formula is C21H17Cl2NO3. The molecule has 0 saturated carbocycles. The highest BCUT2D eigenvalue weighted by molar-refractivity contribution is 6.35. The summed E-state index contributed by atoms with van der Waals surface area (Å²) in [7, 11) is 0. The van der Waals surface area contributed by atoms with Crippen molar-refractivity contribution in [3.8, 4) is 17.1 Å². The Morgan fingerprint density at radius 3 is 2.44 bits per heavy atom. The fourth-order valence-electron chi connectivity index (χ4n) is 2.44. The first-order valence-electron chi connectivity index (χ1n) is 8.32. The zero-order valence-corrected chi connectivity index (χ0v) is 16.1. The predicted molar refractivity (Wildman–Crippen MR) is 109 cm³/mol. The number of carbonyl (C=O) groups excluding carboxylic acids is 1. The van der Waals surface area contributed by atoms with Gasteiger partial charge in [-0.15, -0.1) is 0 Å². The second kappa shape index (κ2) is 8.80. The standard InChI is InChI=1S/C21H17Cl2NO3/c1-2-26-18-5-3-17(4-6-18)24-21(25)10-8-19-7-9-20(27-19)14-11-15(22)13-16(23)12-14/h3-13H,2H2,1H3,(H,24,25)/b10-8+. The van der Waals surface area contributed by atoms with Gasteiger partial charge in [-0.3, -0.25) is 4.79 Å². The molecule has 0 aliphatic heterocycles. The van der Waals surface area contributed by atoms with Crippen molar-refractivity contribution in [3.05, 3.63) is 76.5 Å². The quantitative estimate of drug-likeness (QED) is 0.492. The highest BCUT2D eigenvalue weighted by Crippen LogP contribution is 2.29. The molecule has 0 bridgehead atoms. The van der Waals surface area contributed by atoms with Crippen LogP contribution in [0.25, 0.3) is 17.4 Å². The molecule has 27 heavy (non-hydrogen) atoms. The van der Waals surface area contributed by atoms with Gasteiger partial charge >= 0.3 is 0 Å². The Kier molecular flexibility index (Phi) is 6.22. The Morgan fingerprint density at radius 2 is 1.78 bits per heavy atom. The summed E-state index contributed by atoms with van der Waals surface area (Å²) in [5.74, 6) is 1.66. The molecule has 6 heteroatoms. The van der Waals surface area contributed by atoms with Gasteiger partial charge in [-0.1, -0.05) is 23.2 Å². The van der Waals surface area contributed by atoms with Gasteiger partial charge in [0.15, 0.2) is 0 Å². The van der Waals surface area contributed by atoms with Crippen LogP contribution in [0, 0.1) is 0 Å². The van der Waals surface area contributed by atoms with Crippen molar-refractivity contribution < 1.29 is 13.9 Å². The SMILES string of the molecule is CCOc1ccc(NC(=O)/C=C/c2ccc(-c3cc(Cl)cc(Cl)c3)o2)cc1. The molecule has 0 aliphatic rings. The maximum atomic E-state index is 12.1. The molecule has 3 aromatic rings. The summed E-state index contributed by atoms with van der Waals surface area (Å²) in [6, 6.07) is 15.9. The molecule has 0 radical (unpaired) electrons. The number of benzene rings is 2. The van der Waals surface area contributed by atoms with Crippen LogP contribution in [0.15, 0.2) is 65.1 Å². The number of hydrogen-bond acceptors (Lipinski definition) is 3. The zero-order valence-electron chi connectivity index (χ0n) is 14.5. The Balaban J connectivity index is 1.64. The third-order valence-electron chi connectivity index (χ3n) is 3.61. The number of furan rings is 1. The third kappa shape index (κ3) is 5.39. The normalized spacial score (nSPS) is 10.9. The van der Waals surface area contributed by atoms with E-state index >= 15 is 0 Å². The molecule has 0 spiro atoms. The van der Waals surface area contributed by atoms with Gasteiger partial charge in [0.1, 0.15) is 17.3 Å². The van der Waals surface area contributed by atoms with Crippen molar-refractivity contribution in [1.82, 2.24) is 0 Å². The largest absolute Gasteiger partial charge is 0.494 e. The smallest absolute Gasteiger partial charge is 0.248 e. The number of carbonyl (C=O) groups is 1. The fraction of sp³-hybridized carbons (Fsp3) is 0.0952. The van der Waals surface area contributed by atoms with Gasteiger partial charge in [0.05, 0.1) is 6.61 Å². The third-order valence-corrected chi connectivity index (χ3v) is 4.04. The first kappa shape index (κ1) is 19.1. The first-order valence-corrected chi connectivity index (χ1v) is 9.07. The lowest BCUT2D eigenvalue weighted by atomic mass is 10.2. The molecule has 0 unspecified atom stereocenters. The molecule has 1 amide bonds. The van der Waals surface area contributed by atoms with Crippen LogP contribution < -0.4 is 10.1 Å². The Hall–Kier alpha value is -2.69. The lowest BCUT2D eigenvalue weighted by Crippen LogP contribution is -2.07. The number of nitrogens with one attached hydrogen (secondary N) is 1. The van der Waals surface area contributed by atoms with E-state index in [0.29, 0.717) is 33.9 Å². The Labute approximate surface area is 167 Å². The lowest BCUT2D eigenvalue weighted by Gasteiger charge is -2.05. The molecule has 2 aromatic carbocycles. The van der Waals surface area contributed by atoms with Crippen LogP contribution in [0.5, 0.6) is 5.75 Å². The molecule has 0 atom stereocenters. The van der Waals surface area contributed by atoms with E-state index in [1.54, 1.807) is 60.7 Å². The average molecular weight is 402 g/mol. The van der Waals surface area contributed by atoms with Crippen molar-refractivity contribution in [3.63, 3.8) is 0 Å². The van der Waals surface area contributed by atoms with Crippen LogP contribution in [-0.2, 0) is 4.79 Å². The number of halogens is 2. The predicted octanol–water partition coefficient (Wildman–Crippen LogP) is 6.30. The highest BCUT2D eigenvalue weighted by Gasteiger charge is 2.06. The van der Waals surface area contributed by atoms with Gasteiger partial charge in [0.25, 0.3) is 0 Å². The molecule has 1 aromatic heterocycles. The molecular weight excluding hydrogens is 385 g/mol. The van der Waals surface area contributed by atoms with E-state index in [0.717, 1.165) is 11.3 Å². The van der Waals surface area contributed by atoms with Gasteiger partial charge < -0.3 is 14.5 Å². The Morgan fingerprint density at radius 1 is 1.07 bits per heavy atom. The van der Waals surface area contributed by atoms with Crippen molar-refractivity contribution in [2.75, 3.05) is 11.9 Å². The lowest BCUT2D eigenvalue weighted by molar-refractivity contribution is -0.111. The monoisotopic (exact) mass is 401 g/mol.